The van der Waals surface area contributed by atoms with Crippen LogP contribution in [-0.4, -0.2) is 20.7 Å². The number of carbonyl (C=O) groups is 1. The van der Waals surface area contributed by atoms with E-state index in [1.165, 1.54) is 24.4 Å². The van der Waals surface area contributed by atoms with Gasteiger partial charge in [-0.2, -0.15) is 13.9 Å². The van der Waals surface area contributed by atoms with Gasteiger partial charge in [-0.15, -0.1) is 0 Å². The number of hydrogen-bond donors (Lipinski definition) is 2. The Morgan fingerprint density at radius 1 is 1.39 bits per heavy atom. The third kappa shape index (κ3) is 2.59. The van der Waals surface area contributed by atoms with Gasteiger partial charge in [0.05, 0.1) is 5.56 Å². The largest absolute Gasteiger partial charge is 0.384 e. The summed E-state index contributed by atoms with van der Waals surface area (Å²) < 4.78 is 24.9. The van der Waals surface area contributed by atoms with Gasteiger partial charge in [0.1, 0.15) is 5.82 Å². The Balaban J connectivity index is 2.08. The van der Waals surface area contributed by atoms with Gasteiger partial charge >= 0.3 is 6.55 Å². The number of nitrogens with two attached hydrogens (primary N) is 1. The van der Waals surface area contributed by atoms with Crippen LogP contribution in [0.5, 0.6) is 0 Å². The average molecular weight is 253 g/mol. The summed E-state index contributed by atoms with van der Waals surface area (Å²) in [4.78, 5) is 15.4. The minimum absolute atomic E-state index is 0.0390. The number of nitrogens with one attached hydrogen (secondary N) is 1. The normalized spacial score (nSPS) is 10.6. The number of aromatic nitrogens is 3. The smallest absolute Gasteiger partial charge is 0.333 e. The maximum absolute atomic E-state index is 12.2. The highest BCUT2D eigenvalue weighted by Gasteiger charge is 2.11. The van der Waals surface area contributed by atoms with Crippen molar-refractivity contribution in [2.45, 2.75) is 6.55 Å². The molecule has 0 bridgehead atoms. The molecule has 2 aromatic heterocycles. The van der Waals surface area contributed by atoms with Crippen molar-refractivity contribution in [1.29, 1.82) is 0 Å². The number of alkyl halides is 2. The molecular formula is C10H9F2N5O. The summed E-state index contributed by atoms with van der Waals surface area (Å²) in [5.74, 6) is -0.173. The lowest BCUT2D eigenvalue weighted by Crippen LogP contribution is -2.13. The van der Waals surface area contributed by atoms with Crippen LogP contribution in [0, 0.1) is 0 Å². The Kier molecular flexibility index (Phi) is 3.18. The lowest BCUT2D eigenvalue weighted by molar-refractivity contribution is 0.0568. The third-order valence-electron chi connectivity index (χ3n) is 2.10. The summed E-state index contributed by atoms with van der Waals surface area (Å²) >= 11 is 0. The van der Waals surface area contributed by atoms with Crippen LogP contribution in [0.25, 0.3) is 0 Å². The molecule has 0 spiro atoms. The molecule has 0 aromatic carbocycles. The fourth-order valence-corrected chi connectivity index (χ4v) is 1.24. The van der Waals surface area contributed by atoms with Gasteiger partial charge in [-0.1, -0.05) is 0 Å². The predicted molar refractivity (Wildman–Crippen MR) is 60.1 cm³/mol. The van der Waals surface area contributed by atoms with Crippen molar-refractivity contribution >= 4 is 17.5 Å². The van der Waals surface area contributed by atoms with Gasteiger partial charge < -0.3 is 11.1 Å². The fraction of sp³-hybridized carbons (Fsp3) is 0.100. The number of rotatable bonds is 3. The first-order chi connectivity index (χ1) is 8.56. The number of pyridine rings is 1. The zero-order valence-electron chi connectivity index (χ0n) is 9.05. The van der Waals surface area contributed by atoms with Crippen molar-refractivity contribution in [3.63, 3.8) is 0 Å². The molecule has 6 nitrogen and oxygen atoms in total. The summed E-state index contributed by atoms with van der Waals surface area (Å²) in [5, 5.41) is 5.85. The van der Waals surface area contributed by atoms with E-state index in [9.17, 15) is 13.6 Å². The quantitative estimate of drug-likeness (QED) is 0.868. The minimum Gasteiger partial charge on any atom is -0.384 e. The van der Waals surface area contributed by atoms with E-state index in [2.05, 4.69) is 15.4 Å². The second kappa shape index (κ2) is 4.78. The Morgan fingerprint density at radius 2 is 2.17 bits per heavy atom. The summed E-state index contributed by atoms with van der Waals surface area (Å²) in [6.07, 6.45) is 2.36. The van der Waals surface area contributed by atoms with E-state index >= 15 is 0 Å². The maximum atomic E-state index is 12.2. The number of halogens is 2. The van der Waals surface area contributed by atoms with Gasteiger partial charge in [-0.25, -0.2) is 9.67 Å². The molecular weight excluding hydrogens is 244 g/mol. The second-order valence-corrected chi connectivity index (χ2v) is 3.38. The van der Waals surface area contributed by atoms with E-state index in [4.69, 9.17) is 5.73 Å². The first-order valence-electron chi connectivity index (χ1n) is 4.92. The Morgan fingerprint density at radius 3 is 2.72 bits per heavy atom. The zero-order chi connectivity index (χ0) is 13.1. The van der Waals surface area contributed by atoms with Crippen molar-refractivity contribution in [2.75, 3.05) is 11.1 Å². The Labute approximate surface area is 100 Å². The molecule has 18 heavy (non-hydrogen) atoms. The summed E-state index contributed by atoms with van der Waals surface area (Å²) in [6.45, 7) is -2.74. The monoisotopic (exact) mass is 253 g/mol. The Bertz CT molecular complexity index is 552. The molecule has 0 fully saturated rings. The van der Waals surface area contributed by atoms with Crippen LogP contribution in [0.2, 0.25) is 0 Å². The zero-order valence-corrected chi connectivity index (χ0v) is 9.05. The molecule has 2 aromatic rings. The molecule has 2 heterocycles. The number of anilines is 2. The second-order valence-electron chi connectivity index (χ2n) is 3.38. The molecule has 8 heteroatoms. The highest BCUT2D eigenvalue weighted by Crippen LogP contribution is 2.12. The molecule has 0 aliphatic heterocycles. The molecule has 0 aliphatic carbocycles. The first kappa shape index (κ1) is 12.0. The molecule has 2 rings (SSSR count). The molecule has 1 amide bonds. The van der Waals surface area contributed by atoms with Gasteiger partial charge in [0.15, 0.2) is 5.82 Å². The highest BCUT2D eigenvalue weighted by atomic mass is 19.3. The van der Waals surface area contributed by atoms with E-state index in [0.717, 1.165) is 6.20 Å². The minimum atomic E-state index is -2.74. The van der Waals surface area contributed by atoms with Crippen LogP contribution < -0.4 is 11.1 Å². The lowest BCUT2D eigenvalue weighted by Gasteiger charge is -2.02. The molecule has 0 unspecified atom stereocenters. The predicted octanol–water partition coefficient (Wildman–Crippen LogP) is 1.51. The van der Waals surface area contributed by atoms with Gasteiger partial charge in [0.25, 0.3) is 5.91 Å². The van der Waals surface area contributed by atoms with E-state index in [0.29, 0.717) is 4.68 Å². The van der Waals surface area contributed by atoms with Gasteiger partial charge in [0, 0.05) is 18.5 Å². The van der Waals surface area contributed by atoms with Gasteiger partial charge in [-0.05, 0) is 12.1 Å². The van der Waals surface area contributed by atoms with Crippen LogP contribution >= 0.6 is 0 Å². The van der Waals surface area contributed by atoms with E-state index < -0.39 is 12.5 Å². The van der Waals surface area contributed by atoms with Crippen LogP contribution in [0.15, 0.2) is 30.6 Å². The SMILES string of the molecule is Nc1ccc(C(=O)Nc2ccn(C(F)F)n2)cn1. The number of hydrogen-bond acceptors (Lipinski definition) is 4. The number of nitrogens with zero attached hydrogens (tertiary/aromatic N) is 3. The number of amides is 1. The molecule has 94 valence electrons. The molecule has 0 saturated carbocycles. The van der Waals surface area contributed by atoms with Crippen molar-refractivity contribution in [2.24, 2.45) is 0 Å². The molecule has 3 N–H and O–H groups in total. The van der Waals surface area contributed by atoms with Gasteiger partial charge in [0.2, 0.25) is 0 Å². The van der Waals surface area contributed by atoms with E-state index in [1.54, 1.807) is 0 Å². The summed E-state index contributed by atoms with van der Waals surface area (Å²) in [7, 11) is 0. The van der Waals surface area contributed by atoms with Crippen molar-refractivity contribution in [3.05, 3.63) is 36.2 Å². The van der Waals surface area contributed by atoms with Crippen molar-refractivity contribution in [3.8, 4) is 0 Å². The highest BCUT2D eigenvalue weighted by molar-refractivity contribution is 6.03. The first-order valence-corrected chi connectivity index (χ1v) is 4.92. The van der Waals surface area contributed by atoms with Crippen molar-refractivity contribution in [1.82, 2.24) is 14.8 Å². The van der Waals surface area contributed by atoms with Crippen LogP contribution in [-0.2, 0) is 0 Å². The topological polar surface area (TPSA) is 85.8 Å². The standard InChI is InChI=1S/C10H9F2N5O/c11-10(12)17-4-3-8(16-17)15-9(18)6-1-2-7(13)14-5-6/h1-5,10H,(H2,13,14)(H,15,16,18). The number of carbonyl (C=O) groups excluding carboxylic acids is 1. The fourth-order valence-electron chi connectivity index (χ4n) is 1.24. The van der Waals surface area contributed by atoms with Crippen LogP contribution in [0.4, 0.5) is 20.4 Å². The van der Waals surface area contributed by atoms with Gasteiger partial charge in [-0.3, -0.25) is 4.79 Å². The third-order valence-corrected chi connectivity index (χ3v) is 2.10. The molecule has 0 saturated heterocycles. The lowest BCUT2D eigenvalue weighted by atomic mass is 10.2. The molecule has 0 atom stereocenters. The van der Waals surface area contributed by atoms with Crippen LogP contribution in [0.3, 0.4) is 0 Å². The van der Waals surface area contributed by atoms with E-state index in [-0.39, 0.29) is 17.2 Å². The number of nitrogen functional groups attached to an aromatic ring is 1. The maximum Gasteiger partial charge on any atom is 0.333 e. The summed E-state index contributed by atoms with van der Waals surface area (Å²) in [6, 6.07) is 4.21. The Hall–Kier alpha value is -2.51. The van der Waals surface area contributed by atoms with Crippen molar-refractivity contribution < 1.29 is 13.6 Å². The van der Waals surface area contributed by atoms with Crippen LogP contribution in [0.1, 0.15) is 16.9 Å². The summed E-state index contributed by atoms with van der Waals surface area (Å²) in [5.41, 5.74) is 5.63. The molecule has 0 aliphatic rings. The average Bonchev–Trinajstić information content (AvgIpc) is 2.78. The molecule has 0 radical (unpaired) electrons. The van der Waals surface area contributed by atoms with E-state index in [1.807, 2.05) is 0 Å².